The van der Waals surface area contributed by atoms with E-state index in [1.165, 1.54) is 36.8 Å². The van der Waals surface area contributed by atoms with Gasteiger partial charge in [0.1, 0.15) is 5.75 Å². The molecule has 0 bridgehead atoms. The van der Waals surface area contributed by atoms with Gasteiger partial charge in [-0.1, -0.05) is 50.5 Å². The number of aromatic amines is 1. The minimum Gasteiger partial charge on any atom is -1.00 e. The summed E-state index contributed by atoms with van der Waals surface area (Å²) in [5.74, 6) is 1.71. The van der Waals surface area contributed by atoms with Crippen LogP contribution in [0.15, 0.2) is 42.9 Å². The topological polar surface area (TPSA) is 61.2 Å². The average molecular weight is 413 g/mol. The second-order valence-electron chi connectivity index (χ2n) is 7.51. The lowest BCUT2D eigenvalue weighted by molar-refractivity contribution is -0.364. The van der Waals surface area contributed by atoms with Crippen LogP contribution in [-0.4, -0.2) is 16.6 Å². The van der Waals surface area contributed by atoms with E-state index in [0.29, 0.717) is 6.04 Å². The zero-order valence-electron chi connectivity index (χ0n) is 17.0. The molecule has 154 valence electrons. The molecule has 2 aromatic heterocycles. The number of anilines is 1. The Kier molecular flexibility index (Phi) is 7.64. The Morgan fingerprint density at radius 1 is 1.17 bits per heavy atom. The molecule has 5 nitrogen and oxygen atoms in total. The second-order valence-corrected chi connectivity index (χ2v) is 7.51. The molecule has 1 aliphatic carbocycles. The number of hydrogen-bond donors (Lipinski definition) is 1. The molecule has 0 spiro atoms. The number of H-pyrrole nitrogens is 1. The third kappa shape index (κ3) is 5.15. The van der Waals surface area contributed by atoms with E-state index in [2.05, 4.69) is 51.5 Å². The van der Waals surface area contributed by atoms with Gasteiger partial charge in [-0.15, -0.1) is 4.98 Å². The lowest BCUT2D eigenvalue weighted by Gasteiger charge is -2.24. The van der Waals surface area contributed by atoms with E-state index in [9.17, 15) is 0 Å². The van der Waals surface area contributed by atoms with Crippen molar-refractivity contribution in [1.29, 1.82) is 0 Å². The molecule has 29 heavy (non-hydrogen) atoms. The SMILES string of the molecule is CCCCCCOc1cnc2c(NC3CCCc4ccccc43)[nH+]cnc2c1.[Cl-]. The van der Waals surface area contributed by atoms with Gasteiger partial charge in [0.25, 0.3) is 0 Å². The fraction of sp³-hybridized carbons (Fsp3) is 0.435. The minimum absolute atomic E-state index is 0. The molecule has 2 heterocycles. The van der Waals surface area contributed by atoms with Crippen LogP contribution in [0.4, 0.5) is 5.82 Å². The van der Waals surface area contributed by atoms with Crippen LogP contribution in [0.2, 0.25) is 0 Å². The third-order valence-electron chi connectivity index (χ3n) is 5.45. The predicted octanol–water partition coefficient (Wildman–Crippen LogP) is 1.90. The Balaban J connectivity index is 0.00000240. The number of pyridine rings is 1. The van der Waals surface area contributed by atoms with Crippen molar-refractivity contribution in [3.05, 3.63) is 54.0 Å². The van der Waals surface area contributed by atoms with Gasteiger partial charge in [0.15, 0.2) is 11.0 Å². The molecule has 0 saturated heterocycles. The number of aromatic nitrogens is 3. The Bertz CT molecular complexity index is 934. The number of hydrogen-bond acceptors (Lipinski definition) is 4. The molecule has 3 aromatic rings. The fourth-order valence-electron chi connectivity index (χ4n) is 3.95. The van der Waals surface area contributed by atoms with E-state index in [1.807, 2.05) is 6.07 Å². The van der Waals surface area contributed by atoms with Gasteiger partial charge >= 0.3 is 0 Å². The quantitative estimate of drug-likeness (QED) is 0.574. The molecule has 0 saturated carbocycles. The number of unbranched alkanes of at least 4 members (excludes halogenated alkanes) is 3. The van der Waals surface area contributed by atoms with Crippen molar-refractivity contribution in [3.8, 4) is 5.75 Å². The summed E-state index contributed by atoms with van der Waals surface area (Å²) in [5, 5.41) is 3.67. The highest BCUT2D eigenvalue weighted by atomic mass is 35.5. The molecule has 0 radical (unpaired) electrons. The number of halogens is 1. The first kappa shape index (κ1) is 21.3. The van der Waals surface area contributed by atoms with E-state index >= 15 is 0 Å². The Morgan fingerprint density at radius 2 is 2.07 bits per heavy atom. The first-order valence-corrected chi connectivity index (χ1v) is 10.5. The maximum absolute atomic E-state index is 5.86. The summed E-state index contributed by atoms with van der Waals surface area (Å²) in [6.07, 6.45) is 11.8. The van der Waals surface area contributed by atoms with Crippen molar-refractivity contribution in [3.63, 3.8) is 0 Å². The van der Waals surface area contributed by atoms with Crippen LogP contribution in [0.25, 0.3) is 11.0 Å². The molecule has 4 rings (SSSR count). The summed E-state index contributed by atoms with van der Waals surface area (Å²) in [4.78, 5) is 12.3. The summed E-state index contributed by atoms with van der Waals surface area (Å²) in [7, 11) is 0. The molecule has 0 amide bonds. The van der Waals surface area contributed by atoms with E-state index in [1.54, 1.807) is 12.5 Å². The molecule has 1 atom stereocenters. The second kappa shape index (κ2) is 10.4. The summed E-state index contributed by atoms with van der Waals surface area (Å²) in [6.45, 7) is 2.95. The maximum Gasteiger partial charge on any atom is 0.249 e. The van der Waals surface area contributed by atoms with E-state index in [0.717, 1.165) is 48.5 Å². The summed E-state index contributed by atoms with van der Waals surface area (Å²) in [5.41, 5.74) is 4.52. The highest BCUT2D eigenvalue weighted by Crippen LogP contribution is 2.32. The Morgan fingerprint density at radius 3 is 2.97 bits per heavy atom. The molecular formula is C23H29ClN4O. The average Bonchev–Trinajstić information content (AvgIpc) is 2.74. The van der Waals surface area contributed by atoms with Crippen molar-refractivity contribution < 1.29 is 22.1 Å². The van der Waals surface area contributed by atoms with E-state index in [4.69, 9.17) is 4.74 Å². The number of aryl methyl sites for hydroxylation is 1. The van der Waals surface area contributed by atoms with Crippen LogP contribution < -0.4 is 27.4 Å². The zero-order chi connectivity index (χ0) is 19.2. The van der Waals surface area contributed by atoms with Crippen LogP contribution in [0.3, 0.4) is 0 Å². The number of fused-ring (bicyclic) bond motifs is 2. The van der Waals surface area contributed by atoms with Gasteiger partial charge < -0.3 is 17.1 Å². The molecule has 1 aromatic carbocycles. The third-order valence-corrected chi connectivity index (χ3v) is 5.45. The van der Waals surface area contributed by atoms with Crippen LogP contribution in [0.5, 0.6) is 5.75 Å². The van der Waals surface area contributed by atoms with Crippen LogP contribution in [0, 0.1) is 0 Å². The van der Waals surface area contributed by atoms with Crippen molar-refractivity contribution in [2.75, 3.05) is 11.9 Å². The number of rotatable bonds is 8. The predicted molar refractivity (Wildman–Crippen MR) is 111 cm³/mol. The van der Waals surface area contributed by atoms with Gasteiger partial charge in [0.2, 0.25) is 12.1 Å². The van der Waals surface area contributed by atoms with Gasteiger partial charge in [-0.3, -0.25) is 5.32 Å². The zero-order valence-corrected chi connectivity index (χ0v) is 17.7. The summed E-state index contributed by atoms with van der Waals surface area (Å²) in [6, 6.07) is 11.0. The first-order chi connectivity index (χ1) is 13.8. The van der Waals surface area contributed by atoms with Crippen molar-refractivity contribution in [2.45, 2.75) is 57.9 Å². The van der Waals surface area contributed by atoms with Gasteiger partial charge in [0, 0.05) is 6.07 Å². The lowest BCUT2D eigenvalue weighted by atomic mass is 9.88. The molecule has 0 fully saturated rings. The van der Waals surface area contributed by atoms with Gasteiger partial charge in [-0.25, -0.2) is 9.97 Å². The maximum atomic E-state index is 5.86. The van der Waals surface area contributed by atoms with Crippen molar-refractivity contribution in [2.24, 2.45) is 0 Å². The van der Waals surface area contributed by atoms with Gasteiger partial charge in [0.05, 0.1) is 18.8 Å². The van der Waals surface area contributed by atoms with Gasteiger partial charge in [-0.2, -0.15) is 0 Å². The minimum atomic E-state index is 0. The molecule has 2 N–H and O–H groups in total. The summed E-state index contributed by atoms with van der Waals surface area (Å²) < 4.78 is 5.86. The smallest absolute Gasteiger partial charge is 0.249 e. The highest BCUT2D eigenvalue weighted by molar-refractivity contribution is 5.83. The number of nitrogens with zero attached hydrogens (tertiary/aromatic N) is 2. The van der Waals surface area contributed by atoms with Crippen LogP contribution >= 0.6 is 0 Å². The van der Waals surface area contributed by atoms with E-state index in [-0.39, 0.29) is 12.4 Å². The standard InChI is InChI=1S/C23H28N4O.ClH/c1-2-3-4-7-13-28-18-14-21-22(24-15-18)23(26-16-25-21)27-20-12-8-10-17-9-5-6-11-19(17)20;/h5-6,9,11,14-16,20H,2-4,7-8,10,12-13H2,1H3,(H,25,26,27);1H. The van der Waals surface area contributed by atoms with Crippen LogP contribution in [0.1, 0.15) is 62.6 Å². The van der Waals surface area contributed by atoms with Gasteiger partial charge in [-0.05, 0) is 36.8 Å². The van der Waals surface area contributed by atoms with Crippen molar-refractivity contribution in [1.82, 2.24) is 9.97 Å². The number of ether oxygens (including phenoxy) is 1. The molecule has 6 heteroatoms. The summed E-state index contributed by atoms with van der Waals surface area (Å²) >= 11 is 0. The molecular weight excluding hydrogens is 384 g/mol. The highest BCUT2D eigenvalue weighted by Gasteiger charge is 2.24. The number of benzene rings is 1. The van der Waals surface area contributed by atoms with Crippen molar-refractivity contribution >= 4 is 16.9 Å². The van der Waals surface area contributed by atoms with Crippen LogP contribution in [-0.2, 0) is 6.42 Å². The molecule has 1 aliphatic rings. The monoisotopic (exact) mass is 412 g/mol. The largest absolute Gasteiger partial charge is 1.00 e. The molecule has 1 unspecified atom stereocenters. The molecule has 0 aliphatic heterocycles. The fourth-order valence-corrected chi connectivity index (χ4v) is 3.95. The normalized spacial score (nSPS) is 15.4. The van der Waals surface area contributed by atoms with E-state index < -0.39 is 0 Å². The lowest BCUT2D eigenvalue weighted by Crippen LogP contribution is -3.00. The Hall–Kier alpha value is -2.40. The first-order valence-electron chi connectivity index (χ1n) is 10.5. The Labute approximate surface area is 178 Å². The number of nitrogens with one attached hydrogen (secondary N) is 2.